The van der Waals surface area contributed by atoms with E-state index in [-0.39, 0.29) is 19.0 Å². The predicted octanol–water partition coefficient (Wildman–Crippen LogP) is 3.87. The minimum absolute atomic E-state index is 0.0786. The van der Waals surface area contributed by atoms with Crippen LogP contribution in [0.2, 0.25) is 0 Å². The van der Waals surface area contributed by atoms with E-state index in [1.165, 1.54) is 0 Å². The molecule has 0 aromatic heterocycles. The molecule has 0 fully saturated rings. The smallest absolute Gasteiger partial charge is 0.407 e. The number of hydrogen-bond acceptors (Lipinski definition) is 4. The molecule has 1 unspecified atom stereocenters. The SMILES string of the molecule is CCCCCCOC(=O)NCC(C(=O)NCC#N)c1ccc2ccccc2c1. The number of nitriles is 1. The second-order valence-corrected chi connectivity index (χ2v) is 6.61. The van der Waals surface area contributed by atoms with Gasteiger partial charge in [0.25, 0.3) is 0 Å². The van der Waals surface area contributed by atoms with Crippen molar-refractivity contribution in [3.05, 3.63) is 48.0 Å². The third kappa shape index (κ3) is 6.58. The molecule has 2 N–H and O–H groups in total. The average Bonchev–Trinajstić information content (AvgIpc) is 2.72. The molecule has 28 heavy (non-hydrogen) atoms. The first kappa shape index (κ1) is 21.2. The van der Waals surface area contributed by atoms with Crippen LogP contribution in [0.25, 0.3) is 10.8 Å². The standard InChI is InChI=1S/C22H27N3O3/c1-2-3-4-7-14-28-22(27)25-16-20(21(26)24-13-12-23)19-11-10-17-8-5-6-9-18(17)15-19/h5-6,8-11,15,20H,2-4,7,13-14,16H2,1H3,(H,24,26)(H,25,27). The number of ether oxygens (including phenoxy) is 1. The molecule has 0 aliphatic rings. The number of alkyl carbamates (subject to hydrolysis) is 1. The summed E-state index contributed by atoms with van der Waals surface area (Å²) in [5.41, 5.74) is 0.775. The van der Waals surface area contributed by atoms with Crippen molar-refractivity contribution >= 4 is 22.8 Å². The Morgan fingerprint density at radius 3 is 2.61 bits per heavy atom. The highest BCUT2D eigenvalue weighted by Gasteiger charge is 2.22. The van der Waals surface area contributed by atoms with E-state index in [0.717, 1.165) is 42.0 Å². The first-order chi connectivity index (χ1) is 13.7. The molecule has 0 heterocycles. The third-order valence-electron chi connectivity index (χ3n) is 4.52. The molecule has 0 bridgehead atoms. The molecule has 2 aromatic rings. The van der Waals surface area contributed by atoms with Crippen LogP contribution in [0.4, 0.5) is 4.79 Å². The first-order valence-electron chi connectivity index (χ1n) is 9.69. The van der Waals surface area contributed by atoms with E-state index in [1.54, 1.807) is 0 Å². The van der Waals surface area contributed by atoms with Gasteiger partial charge < -0.3 is 15.4 Å². The number of nitrogens with zero attached hydrogens (tertiary/aromatic N) is 1. The molecule has 6 heteroatoms. The quantitative estimate of drug-likeness (QED) is 0.483. The Hall–Kier alpha value is -3.07. The summed E-state index contributed by atoms with van der Waals surface area (Å²) in [5.74, 6) is -0.911. The Morgan fingerprint density at radius 1 is 1.07 bits per heavy atom. The Bertz CT molecular complexity index is 829. The summed E-state index contributed by atoms with van der Waals surface area (Å²) >= 11 is 0. The van der Waals surface area contributed by atoms with Crippen LogP contribution in [0.3, 0.4) is 0 Å². The van der Waals surface area contributed by atoms with E-state index in [0.29, 0.717) is 6.61 Å². The highest BCUT2D eigenvalue weighted by atomic mass is 16.5. The van der Waals surface area contributed by atoms with E-state index in [1.807, 2.05) is 48.5 Å². The lowest BCUT2D eigenvalue weighted by atomic mass is 9.95. The Labute approximate surface area is 165 Å². The maximum absolute atomic E-state index is 12.5. The van der Waals surface area contributed by atoms with Crippen molar-refractivity contribution < 1.29 is 14.3 Å². The monoisotopic (exact) mass is 381 g/mol. The first-order valence-corrected chi connectivity index (χ1v) is 9.69. The van der Waals surface area contributed by atoms with Gasteiger partial charge in [-0.3, -0.25) is 4.79 Å². The summed E-state index contributed by atoms with van der Waals surface area (Å²) in [6.07, 6.45) is 3.57. The van der Waals surface area contributed by atoms with Crippen molar-refractivity contribution in [1.82, 2.24) is 10.6 Å². The van der Waals surface area contributed by atoms with Crippen LogP contribution >= 0.6 is 0 Å². The van der Waals surface area contributed by atoms with Crippen LogP contribution in [-0.4, -0.2) is 31.7 Å². The zero-order valence-corrected chi connectivity index (χ0v) is 16.2. The number of nitrogens with one attached hydrogen (secondary N) is 2. The fourth-order valence-corrected chi connectivity index (χ4v) is 2.97. The second kappa shape index (κ2) is 11.6. The van der Waals surface area contributed by atoms with Crippen molar-refractivity contribution in [3.8, 4) is 6.07 Å². The molecular formula is C22H27N3O3. The fourth-order valence-electron chi connectivity index (χ4n) is 2.97. The molecule has 0 spiro atoms. The van der Waals surface area contributed by atoms with Gasteiger partial charge in [0.05, 0.1) is 18.6 Å². The topological polar surface area (TPSA) is 91.2 Å². The van der Waals surface area contributed by atoms with Crippen molar-refractivity contribution in [2.45, 2.75) is 38.5 Å². The highest BCUT2D eigenvalue weighted by molar-refractivity contribution is 5.88. The lowest BCUT2D eigenvalue weighted by Gasteiger charge is -2.18. The number of benzene rings is 2. The summed E-state index contributed by atoms with van der Waals surface area (Å²) in [5, 5.41) is 16.1. The van der Waals surface area contributed by atoms with Crippen LogP contribution < -0.4 is 10.6 Å². The molecule has 0 aliphatic carbocycles. The van der Waals surface area contributed by atoms with Crippen LogP contribution in [-0.2, 0) is 9.53 Å². The van der Waals surface area contributed by atoms with Crippen molar-refractivity contribution in [3.63, 3.8) is 0 Å². The number of carbonyl (C=O) groups is 2. The Kier molecular flexibility index (Phi) is 8.80. The third-order valence-corrected chi connectivity index (χ3v) is 4.52. The van der Waals surface area contributed by atoms with Crippen LogP contribution in [0.15, 0.2) is 42.5 Å². The van der Waals surface area contributed by atoms with Crippen molar-refractivity contribution in [2.75, 3.05) is 19.7 Å². The van der Waals surface area contributed by atoms with E-state index in [9.17, 15) is 9.59 Å². The molecule has 2 rings (SSSR count). The van der Waals surface area contributed by atoms with Crippen LogP contribution in [0.1, 0.15) is 44.1 Å². The predicted molar refractivity (Wildman–Crippen MR) is 109 cm³/mol. The van der Waals surface area contributed by atoms with Gasteiger partial charge in [0, 0.05) is 6.54 Å². The maximum Gasteiger partial charge on any atom is 0.407 e. The zero-order valence-electron chi connectivity index (χ0n) is 16.2. The van der Waals surface area contributed by atoms with E-state index in [4.69, 9.17) is 10.00 Å². The molecule has 6 nitrogen and oxygen atoms in total. The number of hydrogen-bond donors (Lipinski definition) is 2. The molecule has 2 amide bonds. The molecule has 0 saturated carbocycles. The van der Waals surface area contributed by atoms with Gasteiger partial charge in [-0.1, -0.05) is 68.7 Å². The number of rotatable bonds is 10. The number of fused-ring (bicyclic) bond motifs is 1. The van der Waals surface area contributed by atoms with Crippen LogP contribution in [0.5, 0.6) is 0 Å². The zero-order chi connectivity index (χ0) is 20.2. The van der Waals surface area contributed by atoms with Gasteiger partial charge in [-0.25, -0.2) is 4.79 Å². The van der Waals surface area contributed by atoms with Crippen molar-refractivity contribution in [1.29, 1.82) is 5.26 Å². The Morgan fingerprint density at radius 2 is 1.86 bits per heavy atom. The van der Waals surface area contributed by atoms with Gasteiger partial charge in [-0.15, -0.1) is 0 Å². The summed E-state index contributed by atoms with van der Waals surface area (Å²) in [6, 6.07) is 15.5. The minimum Gasteiger partial charge on any atom is -0.450 e. The number of amides is 2. The molecule has 0 aliphatic heterocycles. The maximum atomic E-state index is 12.5. The van der Waals surface area contributed by atoms with Crippen molar-refractivity contribution in [2.24, 2.45) is 0 Å². The second-order valence-electron chi connectivity index (χ2n) is 6.61. The van der Waals surface area contributed by atoms with Gasteiger partial charge >= 0.3 is 6.09 Å². The van der Waals surface area contributed by atoms with Gasteiger partial charge in [0.1, 0.15) is 6.54 Å². The van der Waals surface area contributed by atoms with E-state index < -0.39 is 12.0 Å². The van der Waals surface area contributed by atoms with E-state index in [2.05, 4.69) is 17.6 Å². The average molecular weight is 381 g/mol. The summed E-state index contributed by atoms with van der Waals surface area (Å²) in [7, 11) is 0. The summed E-state index contributed by atoms with van der Waals surface area (Å²) < 4.78 is 5.17. The fraction of sp³-hybridized carbons (Fsp3) is 0.409. The minimum atomic E-state index is -0.606. The normalized spacial score (nSPS) is 11.4. The summed E-state index contributed by atoms with van der Waals surface area (Å²) in [6.45, 7) is 2.51. The van der Waals surface area contributed by atoms with E-state index >= 15 is 0 Å². The lowest BCUT2D eigenvalue weighted by Crippen LogP contribution is -2.38. The molecule has 2 aromatic carbocycles. The molecular weight excluding hydrogens is 354 g/mol. The number of carbonyl (C=O) groups excluding carboxylic acids is 2. The Balaban J connectivity index is 2.01. The van der Waals surface area contributed by atoms with Gasteiger partial charge in [0.15, 0.2) is 0 Å². The van der Waals surface area contributed by atoms with Gasteiger partial charge in [-0.05, 0) is 22.8 Å². The molecule has 0 radical (unpaired) electrons. The van der Waals surface area contributed by atoms with Gasteiger partial charge in [-0.2, -0.15) is 5.26 Å². The highest BCUT2D eigenvalue weighted by Crippen LogP contribution is 2.22. The van der Waals surface area contributed by atoms with Crippen LogP contribution in [0, 0.1) is 11.3 Å². The van der Waals surface area contributed by atoms with Gasteiger partial charge in [0.2, 0.25) is 5.91 Å². The largest absolute Gasteiger partial charge is 0.450 e. The molecule has 0 saturated heterocycles. The molecule has 1 atom stereocenters. The molecule has 148 valence electrons. The summed E-state index contributed by atoms with van der Waals surface area (Å²) in [4.78, 5) is 24.5. The number of unbranched alkanes of at least 4 members (excludes halogenated alkanes) is 3. The lowest BCUT2D eigenvalue weighted by molar-refractivity contribution is -0.122.